The summed E-state index contributed by atoms with van der Waals surface area (Å²) in [6.07, 6.45) is 0. The summed E-state index contributed by atoms with van der Waals surface area (Å²) >= 11 is 0. The minimum atomic E-state index is 0.544. The van der Waals surface area contributed by atoms with Crippen molar-refractivity contribution < 1.29 is 4.42 Å². The van der Waals surface area contributed by atoms with Crippen molar-refractivity contribution in [2.45, 2.75) is 0 Å². The fourth-order valence-electron chi connectivity index (χ4n) is 7.73. The van der Waals surface area contributed by atoms with Gasteiger partial charge in [0.25, 0.3) is 0 Å². The van der Waals surface area contributed by atoms with Crippen LogP contribution < -0.4 is 0 Å². The number of furan rings is 1. The highest BCUT2D eigenvalue weighted by Crippen LogP contribution is 2.44. The van der Waals surface area contributed by atoms with Crippen LogP contribution in [-0.4, -0.2) is 24.1 Å². The Morgan fingerprint density at radius 2 is 1.02 bits per heavy atom. The fraction of sp³-hybridized carbons (Fsp3) is 0. The van der Waals surface area contributed by atoms with E-state index < -0.39 is 0 Å². The lowest BCUT2D eigenvalue weighted by atomic mass is 10.1. The molecule has 0 saturated heterocycles. The molecular weight excluding hydrogens is 627 g/mol. The molecule has 0 atom stereocenters. The monoisotopic (exact) mass is 653 g/mol. The highest BCUT2D eigenvalue weighted by molar-refractivity contribution is 6.27. The van der Waals surface area contributed by atoms with Crippen LogP contribution in [0.4, 0.5) is 0 Å². The van der Waals surface area contributed by atoms with Gasteiger partial charge in [0.05, 0.1) is 22.1 Å². The molecule has 0 aliphatic rings. The first-order valence-corrected chi connectivity index (χ1v) is 17.0. The molecule has 0 amide bonds. The highest BCUT2D eigenvalue weighted by Gasteiger charge is 2.24. The largest absolute Gasteiger partial charge is 0.456 e. The summed E-state index contributed by atoms with van der Waals surface area (Å²) in [5.74, 6) is 1.76. The molecule has 0 aliphatic carbocycles. The van der Waals surface area contributed by atoms with Gasteiger partial charge in [-0.15, -0.1) is 0 Å². The number of rotatable bonds is 4. The van der Waals surface area contributed by atoms with E-state index in [0.29, 0.717) is 17.6 Å². The highest BCUT2D eigenvalue weighted by atomic mass is 16.3. The molecular formula is C45H27N5O. The van der Waals surface area contributed by atoms with Crippen molar-refractivity contribution in [3.63, 3.8) is 0 Å². The smallest absolute Gasteiger partial charge is 0.238 e. The van der Waals surface area contributed by atoms with E-state index in [1.807, 2.05) is 72.8 Å². The summed E-state index contributed by atoms with van der Waals surface area (Å²) in [7, 11) is 0. The standard InChI is InChI=1S/C45H27N5O/c1-4-14-28(15-5-1)43-46-44(29-16-6-2-7-17-29)48-45(47-43)50-38-27-40-35(31-20-11-13-23-39(31)51-40)26-34(38)32-24-25-37-41(42(32)50)33-21-10-12-22-36(33)49(37)30-18-8-3-9-19-30/h1-27H. The second kappa shape index (κ2) is 10.7. The third kappa shape index (κ3) is 4.14. The van der Waals surface area contributed by atoms with Crippen molar-refractivity contribution in [1.29, 1.82) is 0 Å². The average molecular weight is 654 g/mol. The molecule has 7 aromatic carbocycles. The molecule has 11 rings (SSSR count). The van der Waals surface area contributed by atoms with Crippen LogP contribution in [0.2, 0.25) is 0 Å². The Labute approximate surface area is 291 Å². The van der Waals surface area contributed by atoms with Gasteiger partial charge in [-0.3, -0.25) is 4.57 Å². The maximum atomic E-state index is 6.48. The number of benzene rings is 7. The van der Waals surface area contributed by atoms with Crippen molar-refractivity contribution in [3.05, 3.63) is 164 Å². The Hall–Kier alpha value is -7.05. The molecule has 4 aromatic heterocycles. The first-order valence-electron chi connectivity index (χ1n) is 17.0. The van der Waals surface area contributed by atoms with Crippen LogP contribution in [0.1, 0.15) is 0 Å². The van der Waals surface area contributed by atoms with Crippen LogP contribution in [0.25, 0.3) is 100.0 Å². The van der Waals surface area contributed by atoms with Gasteiger partial charge in [-0.05, 0) is 36.4 Å². The number of aromatic nitrogens is 5. The molecule has 6 nitrogen and oxygen atoms in total. The first-order chi connectivity index (χ1) is 25.3. The zero-order valence-electron chi connectivity index (χ0n) is 27.2. The number of fused-ring (bicyclic) bond motifs is 10. The van der Waals surface area contributed by atoms with E-state index in [9.17, 15) is 0 Å². The third-order valence-corrected chi connectivity index (χ3v) is 9.96. The Morgan fingerprint density at radius 3 is 1.75 bits per heavy atom. The molecule has 0 saturated carbocycles. The molecule has 0 bridgehead atoms. The van der Waals surface area contributed by atoms with E-state index in [1.165, 1.54) is 0 Å². The molecule has 0 spiro atoms. The SMILES string of the molecule is c1ccc(-c2nc(-c3ccccc3)nc(-n3c4cc5oc6ccccc6c5cc4c4ccc5c(c6ccccc6n5-c5ccccc5)c43)n2)cc1. The second-order valence-electron chi connectivity index (χ2n) is 12.9. The first kappa shape index (κ1) is 27.9. The molecule has 0 N–H and O–H groups in total. The van der Waals surface area contributed by atoms with Crippen LogP contribution in [0.5, 0.6) is 0 Å². The van der Waals surface area contributed by atoms with Gasteiger partial charge < -0.3 is 8.98 Å². The lowest BCUT2D eigenvalue weighted by Crippen LogP contribution is -2.06. The lowest BCUT2D eigenvalue weighted by Gasteiger charge is -2.12. The van der Waals surface area contributed by atoms with Gasteiger partial charge in [-0.1, -0.05) is 121 Å². The summed E-state index contributed by atoms with van der Waals surface area (Å²) in [6.45, 7) is 0. The summed E-state index contributed by atoms with van der Waals surface area (Å²) in [5.41, 5.74) is 8.86. The molecule has 51 heavy (non-hydrogen) atoms. The maximum Gasteiger partial charge on any atom is 0.238 e. The summed E-state index contributed by atoms with van der Waals surface area (Å²) in [4.78, 5) is 15.5. The van der Waals surface area contributed by atoms with E-state index in [2.05, 4.69) is 100 Å². The van der Waals surface area contributed by atoms with E-state index in [0.717, 1.165) is 82.4 Å². The van der Waals surface area contributed by atoms with Gasteiger partial charge in [0, 0.05) is 55.2 Å². The molecule has 238 valence electrons. The predicted molar refractivity (Wildman–Crippen MR) is 207 cm³/mol. The molecule has 11 aromatic rings. The van der Waals surface area contributed by atoms with Gasteiger partial charge in [0.1, 0.15) is 11.2 Å². The van der Waals surface area contributed by atoms with Gasteiger partial charge in [-0.2, -0.15) is 9.97 Å². The Kier molecular flexibility index (Phi) is 5.86. The summed E-state index contributed by atoms with van der Waals surface area (Å²) < 4.78 is 11.1. The maximum absolute atomic E-state index is 6.48. The van der Waals surface area contributed by atoms with Crippen molar-refractivity contribution in [2.75, 3.05) is 0 Å². The predicted octanol–water partition coefficient (Wildman–Crippen LogP) is 11.3. The van der Waals surface area contributed by atoms with Gasteiger partial charge in [0.2, 0.25) is 5.95 Å². The number of hydrogen-bond donors (Lipinski definition) is 0. The van der Waals surface area contributed by atoms with Gasteiger partial charge in [-0.25, -0.2) is 4.98 Å². The van der Waals surface area contributed by atoms with Crippen LogP contribution >= 0.6 is 0 Å². The minimum absolute atomic E-state index is 0.544. The minimum Gasteiger partial charge on any atom is -0.456 e. The number of nitrogens with zero attached hydrogens (tertiary/aromatic N) is 5. The average Bonchev–Trinajstić information content (AvgIpc) is 3.85. The van der Waals surface area contributed by atoms with Crippen molar-refractivity contribution in [1.82, 2.24) is 24.1 Å². The normalized spacial score (nSPS) is 11.9. The summed E-state index contributed by atoms with van der Waals surface area (Å²) in [6, 6.07) is 56.6. The van der Waals surface area contributed by atoms with Crippen LogP contribution in [0.15, 0.2) is 168 Å². The second-order valence-corrected chi connectivity index (χ2v) is 12.9. The van der Waals surface area contributed by atoms with E-state index in [1.54, 1.807) is 0 Å². The van der Waals surface area contributed by atoms with E-state index in [-0.39, 0.29) is 0 Å². The Morgan fingerprint density at radius 1 is 0.392 bits per heavy atom. The number of para-hydroxylation sites is 3. The fourth-order valence-corrected chi connectivity index (χ4v) is 7.73. The molecule has 0 unspecified atom stereocenters. The third-order valence-electron chi connectivity index (χ3n) is 9.96. The number of hydrogen-bond acceptors (Lipinski definition) is 4. The Bertz CT molecular complexity index is 3060. The molecule has 0 aliphatic heterocycles. The molecule has 0 fully saturated rings. The quantitative estimate of drug-likeness (QED) is 0.190. The molecule has 0 radical (unpaired) electrons. The van der Waals surface area contributed by atoms with Crippen molar-refractivity contribution >= 4 is 65.6 Å². The van der Waals surface area contributed by atoms with Crippen molar-refractivity contribution in [2.24, 2.45) is 0 Å². The van der Waals surface area contributed by atoms with E-state index in [4.69, 9.17) is 19.4 Å². The van der Waals surface area contributed by atoms with Crippen LogP contribution in [-0.2, 0) is 0 Å². The summed E-state index contributed by atoms with van der Waals surface area (Å²) in [5, 5.41) is 6.67. The van der Waals surface area contributed by atoms with Gasteiger partial charge in [0.15, 0.2) is 11.6 Å². The zero-order chi connectivity index (χ0) is 33.5. The molecule has 6 heteroatoms. The topological polar surface area (TPSA) is 61.7 Å². The molecule has 4 heterocycles. The van der Waals surface area contributed by atoms with Crippen LogP contribution in [0, 0.1) is 0 Å². The van der Waals surface area contributed by atoms with Crippen LogP contribution in [0.3, 0.4) is 0 Å². The van der Waals surface area contributed by atoms with E-state index >= 15 is 0 Å². The zero-order valence-corrected chi connectivity index (χ0v) is 27.2. The van der Waals surface area contributed by atoms with Gasteiger partial charge >= 0.3 is 0 Å². The van der Waals surface area contributed by atoms with Crippen molar-refractivity contribution in [3.8, 4) is 34.4 Å². The Balaban J connectivity index is 1.34. The lowest BCUT2D eigenvalue weighted by molar-refractivity contribution is 0.669.